The maximum Gasteiger partial charge on any atom is 0.265 e. The molecular formula is C44H49FN2O7Si. The van der Waals surface area contributed by atoms with Crippen molar-refractivity contribution in [2.24, 2.45) is 17.6 Å². The van der Waals surface area contributed by atoms with Gasteiger partial charge in [0.1, 0.15) is 36.1 Å². The lowest BCUT2D eigenvalue weighted by atomic mass is 9.57. The Balaban J connectivity index is 1.28. The highest BCUT2D eigenvalue weighted by atomic mass is 28.4. The van der Waals surface area contributed by atoms with Crippen LogP contribution in [0.1, 0.15) is 109 Å². The van der Waals surface area contributed by atoms with E-state index in [0.717, 1.165) is 36.8 Å². The number of benzene rings is 3. The summed E-state index contributed by atoms with van der Waals surface area (Å²) in [5.74, 6) is -3.22. The Kier molecular flexibility index (Phi) is 9.41. The molecule has 0 aliphatic heterocycles. The first-order valence-corrected chi connectivity index (χ1v) is 22.3. The third-order valence-corrected chi connectivity index (χ3v) is 17.3. The van der Waals surface area contributed by atoms with Crippen LogP contribution < -0.4 is 15.2 Å². The number of rotatable bonds is 9. The lowest BCUT2D eigenvalue weighted by Gasteiger charge is -2.53. The fourth-order valence-electron chi connectivity index (χ4n) is 8.87. The summed E-state index contributed by atoms with van der Waals surface area (Å²) in [4.78, 5) is 30.8. The number of hydrogen-bond donors (Lipinski definition) is 2. The molecule has 3 aromatic carbocycles. The number of nitrogens with zero attached hydrogens (tertiary/aromatic N) is 1. The van der Waals surface area contributed by atoms with Crippen LogP contribution in [0.5, 0.6) is 11.6 Å². The van der Waals surface area contributed by atoms with Gasteiger partial charge in [-0.1, -0.05) is 94.3 Å². The fourth-order valence-corrected chi connectivity index (χ4v) is 10.3. The molecule has 0 spiro atoms. The zero-order valence-corrected chi connectivity index (χ0v) is 33.1. The average Bonchev–Trinajstić information content (AvgIpc) is 3.85. The van der Waals surface area contributed by atoms with E-state index in [1.54, 1.807) is 6.07 Å². The first kappa shape index (κ1) is 37.3. The van der Waals surface area contributed by atoms with Gasteiger partial charge in [0, 0.05) is 17.1 Å². The lowest BCUT2D eigenvalue weighted by molar-refractivity contribution is -0.138. The molecule has 288 valence electrons. The second-order valence-electron chi connectivity index (χ2n) is 17.2. The molecule has 0 saturated heterocycles. The summed E-state index contributed by atoms with van der Waals surface area (Å²) >= 11 is 0. The highest BCUT2D eigenvalue weighted by Gasteiger charge is 2.68. The monoisotopic (exact) mass is 764 g/mol. The van der Waals surface area contributed by atoms with Gasteiger partial charge in [-0.15, -0.1) is 0 Å². The van der Waals surface area contributed by atoms with Crippen LogP contribution in [0, 0.1) is 17.7 Å². The molecule has 4 aromatic rings. The second kappa shape index (κ2) is 13.9. The summed E-state index contributed by atoms with van der Waals surface area (Å²) < 4.78 is 42.2. The molecule has 9 nitrogen and oxygen atoms in total. The number of aromatic nitrogens is 1. The van der Waals surface area contributed by atoms with Gasteiger partial charge in [0.15, 0.2) is 19.7 Å². The number of aliphatic hydroxyl groups excluding tert-OH is 1. The summed E-state index contributed by atoms with van der Waals surface area (Å²) in [6.07, 6.45) is 4.05. The van der Waals surface area contributed by atoms with Gasteiger partial charge in [-0.3, -0.25) is 9.59 Å². The quantitative estimate of drug-likeness (QED) is 0.126. The molecule has 0 bridgehead atoms. The normalized spacial score (nSPS) is 23.9. The van der Waals surface area contributed by atoms with E-state index in [1.807, 2.05) is 94.5 Å². The van der Waals surface area contributed by atoms with Crippen LogP contribution in [0.25, 0.3) is 5.76 Å². The Morgan fingerprint density at radius 1 is 0.927 bits per heavy atom. The van der Waals surface area contributed by atoms with Crippen LogP contribution in [0.4, 0.5) is 4.39 Å². The molecule has 2 fully saturated rings. The van der Waals surface area contributed by atoms with Gasteiger partial charge in [-0.25, -0.2) is 4.39 Å². The van der Waals surface area contributed by atoms with Crippen LogP contribution in [0.15, 0.2) is 76.8 Å². The molecule has 1 aromatic heterocycles. The van der Waals surface area contributed by atoms with Gasteiger partial charge < -0.3 is 29.3 Å². The Morgan fingerprint density at radius 3 is 2.16 bits per heavy atom. The van der Waals surface area contributed by atoms with Crippen molar-refractivity contribution in [1.82, 2.24) is 5.16 Å². The standard InChI is InChI=1S/C44H49FN2O7Si/c1-43(2,3)55(4,5)54-44-31(37(46)39-35(41(44)50)42(47-53-39)52-24-26-16-10-7-11-17-26)21-28-20-30-34(38(48)33(28)40(44)49)32(51-23-25-14-8-6-9-15-25)22-29(36(30)45)27-18-12-13-19-27/h6-11,14-17,22,27-28,31,37,48H,12-13,18-21,23-24,46H2,1-5H3/t28-,31-,37-,44-/m0/s1. The van der Waals surface area contributed by atoms with Crippen molar-refractivity contribution < 1.29 is 37.5 Å². The Morgan fingerprint density at radius 2 is 1.55 bits per heavy atom. The highest BCUT2D eigenvalue weighted by molar-refractivity contribution is 6.74. The number of halogens is 1. The maximum atomic E-state index is 16.9. The number of carbonyl (C=O) groups excluding carboxylic acids is 2. The van der Waals surface area contributed by atoms with Crippen molar-refractivity contribution >= 4 is 25.6 Å². The van der Waals surface area contributed by atoms with E-state index in [-0.39, 0.29) is 71.9 Å². The van der Waals surface area contributed by atoms with Gasteiger partial charge >= 0.3 is 0 Å². The second-order valence-corrected chi connectivity index (χ2v) is 21.9. The number of ether oxygens (including phenoxy) is 2. The summed E-state index contributed by atoms with van der Waals surface area (Å²) in [6.45, 7) is 10.3. The molecule has 2 saturated carbocycles. The predicted molar refractivity (Wildman–Crippen MR) is 208 cm³/mol. The number of nitrogens with two attached hydrogens (primary N) is 1. The number of carbonyl (C=O) groups is 2. The van der Waals surface area contributed by atoms with Crippen molar-refractivity contribution in [2.45, 2.75) is 108 Å². The van der Waals surface area contributed by atoms with Gasteiger partial charge in [-0.05, 0) is 83.6 Å². The maximum absolute atomic E-state index is 16.9. The minimum absolute atomic E-state index is 0.0272. The predicted octanol–water partition coefficient (Wildman–Crippen LogP) is 9.32. The van der Waals surface area contributed by atoms with E-state index in [1.165, 1.54) is 0 Å². The van der Waals surface area contributed by atoms with Gasteiger partial charge in [0.25, 0.3) is 5.88 Å². The molecule has 4 atom stereocenters. The smallest absolute Gasteiger partial charge is 0.265 e. The molecule has 4 aliphatic rings. The van der Waals surface area contributed by atoms with Gasteiger partial charge in [-0.2, -0.15) is 0 Å². The molecule has 4 aliphatic carbocycles. The van der Waals surface area contributed by atoms with Crippen molar-refractivity contribution in [1.29, 1.82) is 0 Å². The minimum atomic E-state index is -2.93. The van der Waals surface area contributed by atoms with Gasteiger partial charge in [0.05, 0.1) is 11.6 Å². The van der Waals surface area contributed by atoms with E-state index >= 15 is 14.0 Å². The first-order valence-electron chi connectivity index (χ1n) is 19.4. The van der Waals surface area contributed by atoms with Crippen LogP contribution >= 0.6 is 0 Å². The molecule has 55 heavy (non-hydrogen) atoms. The Hall–Kier alpha value is -4.58. The van der Waals surface area contributed by atoms with Gasteiger partial charge in [0.2, 0.25) is 11.6 Å². The SMILES string of the molecule is CC(C)(C)[Si](C)(C)O[C@]12C(=O)C3=C(O)c4c(OCc5ccccc5)cc(C5CCCC5)c(F)c4C[C@H]3C[C@H]1[C@H](N)c1onc(OCc3ccccc3)c1C2=O. The number of aliphatic hydroxyl groups is 1. The molecular weight excluding hydrogens is 716 g/mol. The third-order valence-electron chi connectivity index (χ3n) is 12.8. The summed E-state index contributed by atoms with van der Waals surface area (Å²) in [7, 11) is -2.93. The third kappa shape index (κ3) is 6.15. The summed E-state index contributed by atoms with van der Waals surface area (Å²) in [5.41, 5.74) is 7.72. The molecule has 11 heteroatoms. The summed E-state index contributed by atoms with van der Waals surface area (Å²) in [5, 5.41) is 16.1. The van der Waals surface area contributed by atoms with E-state index in [2.05, 4.69) is 5.16 Å². The lowest BCUT2D eigenvalue weighted by Crippen LogP contribution is -2.68. The average molecular weight is 765 g/mol. The zero-order chi connectivity index (χ0) is 38.9. The molecule has 0 unspecified atom stereocenters. The molecule has 0 amide bonds. The molecule has 8 rings (SSSR count). The summed E-state index contributed by atoms with van der Waals surface area (Å²) in [6, 6.07) is 19.8. The van der Waals surface area contributed by atoms with Crippen LogP contribution in [-0.4, -0.2) is 35.7 Å². The van der Waals surface area contributed by atoms with E-state index in [4.69, 9.17) is 24.2 Å². The van der Waals surface area contributed by atoms with Crippen LogP contribution in [0.3, 0.4) is 0 Å². The number of Topliss-reactive ketones (excluding diaryl/α,β-unsaturated/α-hetero) is 2. The number of fused-ring (bicyclic) bond motifs is 4. The van der Waals surface area contributed by atoms with E-state index in [9.17, 15) is 5.11 Å². The number of ketones is 2. The minimum Gasteiger partial charge on any atom is -0.507 e. The molecule has 1 heterocycles. The van der Waals surface area contributed by atoms with Crippen LogP contribution in [0.2, 0.25) is 18.1 Å². The van der Waals surface area contributed by atoms with Crippen molar-refractivity contribution in [2.75, 3.05) is 0 Å². The van der Waals surface area contributed by atoms with E-state index in [0.29, 0.717) is 16.9 Å². The van der Waals surface area contributed by atoms with Crippen molar-refractivity contribution in [3.8, 4) is 11.6 Å². The first-order chi connectivity index (χ1) is 26.2. The molecule has 3 N–H and O–H groups in total. The zero-order valence-electron chi connectivity index (χ0n) is 32.1. The van der Waals surface area contributed by atoms with E-state index < -0.39 is 48.4 Å². The topological polar surface area (TPSA) is 134 Å². The Bertz CT molecular complexity index is 2170. The molecule has 0 radical (unpaired) electrons. The Labute approximate surface area is 322 Å². The van der Waals surface area contributed by atoms with Crippen molar-refractivity contribution in [3.63, 3.8) is 0 Å². The fraction of sp³-hybridized carbons (Fsp3) is 0.432. The largest absolute Gasteiger partial charge is 0.507 e. The van der Waals surface area contributed by atoms with Crippen molar-refractivity contribution in [3.05, 3.63) is 117 Å². The van der Waals surface area contributed by atoms with Crippen LogP contribution in [-0.2, 0) is 28.9 Å². The number of hydrogen-bond acceptors (Lipinski definition) is 9. The highest BCUT2D eigenvalue weighted by Crippen LogP contribution is 2.58.